The molecule has 0 aliphatic carbocycles. The van der Waals surface area contributed by atoms with Gasteiger partial charge in [-0.2, -0.15) is 0 Å². The first-order valence-electron chi connectivity index (χ1n) is 8.03. The Balaban J connectivity index is 0.00000182. The van der Waals surface area contributed by atoms with Crippen molar-refractivity contribution in [3.8, 4) is 0 Å². The highest BCUT2D eigenvalue weighted by Gasteiger charge is 2.34. The summed E-state index contributed by atoms with van der Waals surface area (Å²) in [6, 6.07) is 6.05. The van der Waals surface area contributed by atoms with Crippen molar-refractivity contribution in [1.82, 2.24) is 19.2 Å². The van der Waals surface area contributed by atoms with Crippen LogP contribution in [0.3, 0.4) is 0 Å². The molecule has 1 aliphatic rings. The zero-order chi connectivity index (χ0) is 17.8. The van der Waals surface area contributed by atoms with Crippen LogP contribution in [0.2, 0.25) is 0 Å². The Morgan fingerprint density at radius 3 is 2.74 bits per heavy atom. The zero-order valence-corrected chi connectivity index (χ0v) is 18.3. The topological polar surface area (TPSA) is 57.9 Å². The van der Waals surface area contributed by atoms with Crippen LogP contribution >= 0.6 is 48.3 Å². The fourth-order valence-corrected chi connectivity index (χ4v) is 4.46. The molecule has 0 atom stereocenters. The molecule has 0 N–H and O–H groups in total. The molecule has 2 aromatic rings. The lowest BCUT2D eigenvalue weighted by atomic mass is 10.3. The van der Waals surface area contributed by atoms with Gasteiger partial charge in [0.05, 0.1) is 9.93 Å². The summed E-state index contributed by atoms with van der Waals surface area (Å²) in [6.45, 7) is 0.477. The average molecular weight is 449 g/mol. The molecule has 1 aliphatic heterocycles. The van der Waals surface area contributed by atoms with Crippen molar-refractivity contribution < 1.29 is 9.59 Å². The zero-order valence-electron chi connectivity index (χ0n) is 15.0. The molecular formula is C17H22Cl2N4O2S2. The molecule has 0 spiro atoms. The van der Waals surface area contributed by atoms with Crippen molar-refractivity contribution >= 4 is 65.1 Å². The first kappa shape index (κ1) is 23.7. The molecule has 27 heavy (non-hydrogen) atoms. The van der Waals surface area contributed by atoms with Gasteiger partial charge in [0.1, 0.15) is 5.65 Å². The van der Waals surface area contributed by atoms with Gasteiger partial charge in [-0.05, 0) is 42.5 Å². The number of carbonyl (C=O) groups is 2. The number of imidazole rings is 1. The lowest BCUT2D eigenvalue weighted by molar-refractivity contribution is -0.122. The number of amides is 2. The van der Waals surface area contributed by atoms with Crippen LogP contribution in [0, 0.1) is 0 Å². The molecule has 2 amide bonds. The smallest absolute Gasteiger partial charge is 0.293 e. The normalized spacial score (nSPS) is 15.2. The fraction of sp³-hybridized carbons (Fsp3) is 0.353. The lowest BCUT2D eigenvalue weighted by Crippen LogP contribution is -2.29. The summed E-state index contributed by atoms with van der Waals surface area (Å²) < 4.78 is 2.06. The van der Waals surface area contributed by atoms with Crippen LogP contribution in [0.4, 0.5) is 4.79 Å². The molecule has 0 aromatic carbocycles. The Hall–Kier alpha value is -1.35. The molecule has 3 rings (SSSR count). The predicted molar refractivity (Wildman–Crippen MR) is 116 cm³/mol. The maximum atomic E-state index is 12.2. The number of fused-ring (bicyclic) bond motifs is 1. The highest BCUT2D eigenvalue weighted by molar-refractivity contribution is 8.18. The van der Waals surface area contributed by atoms with Crippen LogP contribution in [-0.4, -0.2) is 56.7 Å². The quantitative estimate of drug-likeness (QED) is 0.360. The standard InChI is InChI=1S/C17H20N4O2S2.2ClH/c1-19(2)12-13-16(22)21(17(23)25-13)9-3-4-11-24-15-7-5-6-14-18-8-10-20(14)15;;/h5-8,10,12H,3-4,9,11H2,1-2H3;2*1H. The van der Waals surface area contributed by atoms with Crippen molar-refractivity contribution in [2.75, 3.05) is 26.4 Å². The Morgan fingerprint density at radius 1 is 1.22 bits per heavy atom. The Labute approximate surface area is 179 Å². The summed E-state index contributed by atoms with van der Waals surface area (Å²) in [7, 11) is 3.68. The minimum atomic E-state index is -0.181. The molecular weight excluding hydrogens is 427 g/mol. The van der Waals surface area contributed by atoms with Crippen LogP contribution in [-0.2, 0) is 4.79 Å². The Kier molecular flexibility index (Phi) is 9.52. The number of imide groups is 1. The van der Waals surface area contributed by atoms with E-state index in [1.807, 2.05) is 32.4 Å². The number of thioether (sulfide) groups is 2. The molecule has 6 nitrogen and oxygen atoms in total. The van der Waals surface area contributed by atoms with Gasteiger partial charge in [0.15, 0.2) is 0 Å². The van der Waals surface area contributed by atoms with Gasteiger partial charge in [0, 0.05) is 39.2 Å². The number of rotatable bonds is 7. The van der Waals surface area contributed by atoms with E-state index < -0.39 is 0 Å². The largest absolute Gasteiger partial charge is 0.382 e. The summed E-state index contributed by atoms with van der Waals surface area (Å²) >= 11 is 2.77. The monoisotopic (exact) mass is 448 g/mol. The van der Waals surface area contributed by atoms with Crippen molar-refractivity contribution in [3.63, 3.8) is 0 Å². The number of nitrogens with zero attached hydrogens (tertiary/aromatic N) is 4. The summed E-state index contributed by atoms with van der Waals surface area (Å²) in [5.41, 5.74) is 0.940. The molecule has 3 heterocycles. The number of aromatic nitrogens is 2. The molecule has 148 valence electrons. The van der Waals surface area contributed by atoms with E-state index >= 15 is 0 Å². The van der Waals surface area contributed by atoms with E-state index in [9.17, 15) is 9.59 Å². The van der Waals surface area contributed by atoms with E-state index in [-0.39, 0.29) is 36.0 Å². The number of hydrogen-bond acceptors (Lipinski definition) is 6. The molecule has 0 unspecified atom stereocenters. The molecule has 2 aromatic heterocycles. The molecule has 0 radical (unpaired) electrons. The summed E-state index contributed by atoms with van der Waals surface area (Å²) in [6.07, 6.45) is 7.19. The van der Waals surface area contributed by atoms with Gasteiger partial charge in [-0.1, -0.05) is 6.07 Å². The van der Waals surface area contributed by atoms with E-state index in [4.69, 9.17) is 0 Å². The second-order valence-corrected chi connectivity index (χ2v) is 7.97. The third-order valence-corrected chi connectivity index (χ3v) is 5.68. The van der Waals surface area contributed by atoms with Crippen molar-refractivity contribution in [2.45, 2.75) is 17.9 Å². The highest BCUT2D eigenvalue weighted by atomic mass is 35.5. The van der Waals surface area contributed by atoms with Gasteiger partial charge >= 0.3 is 0 Å². The van der Waals surface area contributed by atoms with E-state index in [0.29, 0.717) is 11.4 Å². The van der Waals surface area contributed by atoms with Gasteiger partial charge < -0.3 is 4.90 Å². The van der Waals surface area contributed by atoms with Crippen LogP contribution in [0.15, 0.2) is 46.7 Å². The van der Waals surface area contributed by atoms with Gasteiger partial charge in [-0.3, -0.25) is 18.9 Å². The fourth-order valence-electron chi connectivity index (χ4n) is 2.51. The average Bonchev–Trinajstić information content (AvgIpc) is 3.14. The Morgan fingerprint density at radius 2 is 2.00 bits per heavy atom. The highest BCUT2D eigenvalue weighted by Crippen LogP contribution is 2.31. The van der Waals surface area contributed by atoms with E-state index in [2.05, 4.69) is 15.5 Å². The minimum Gasteiger partial charge on any atom is -0.382 e. The number of hydrogen-bond donors (Lipinski definition) is 0. The number of halogens is 2. The molecule has 1 fully saturated rings. The molecule has 1 saturated heterocycles. The summed E-state index contributed by atoms with van der Waals surface area (Å²) in [4.78, 5) is 32.1. The van der Waals surface area contributed by atoms with Crippen molar-refractivity contribution in [3.05, 3.63) is 41.7 Å². The Bertz CT molecular complexity index is 826. The van der Waals surface area contributed by atoms with Gasteiger partial charge in [-0.15, -0.1) is 36.6 Å². The second kappa shape index (κ2) is 10.8. The van der Waals surface area contributed by atoms with Gasteiger partial charge in [0.25, 0.3) is 11.1 Å². The molecule has 10 heteroatoms. The third-order valence-electron chi connectivity index (χ3n) is 3.67. The maximum Gasteiger partial charge on any atom is 0.293 e. The van der Waals surface area contributed by atoms with Crippen LogP contribution in [0.1, 0.15) is 12.8 Å². The predicted octanol–water partition coefficient (Wildman–Crippen LogP) is 4.15. The number of pyridine rings is 1. The lowest BCUT2D eigenvalue weighted by Gasteiger charge is -2.12. The van der Waals surface area contributed by atoms with Crippen molar-refractivity contribution in [1.29, 1.82) is 0 Å². The SMILES string of the molecule is CN(C)C=C1SC(=O)N(CCCCSc2cccc3nccn23)C1=O.Cl.Cl. The van der Waals surface area contributed by atoms with E-state index in [0.717, 1.165) is 41.0 Å². The van der Waals surface area contributed by atoms with Crippen LogP contribution in [0.5, 0.6) is 0 Å². The van der Waals surface area contributed by atoms with E-state index in [1.165, 1.54) is 4.90 Å². The first-order valence-corrected chi connectivity index (χ1v) is 9.83. The van der Waals surface area contributed by atoms with Crippen LogP contribution < -0.4 is 0 Å². The first-order chi connectivity index (χ1) is 12.1. The summed E-state index contributed by atoms with van der Waals surface area (Å²) in [5.74, 6) is 0.751. The summed E-state index contributed by atoms with van der Waals surface area (Å²) in [5, 5.41) is 0.976. The minimum absolute atomic E-state index is 0. The van der Waals surface area contributed by atoms with Gasteiger partial charge in [-0.25, -0.2) is 4.98 Å². The van der Waals surface area contributed by atoms with E-state index in [1.54, 1.807) is 29.1 Å². The maximum absolute atomic E-state index is 12.2. The number of carbonyl (C=O) groups excluding carboxylic acids is 2. The molecule has 0 bridgehead atoms. The third kappa shape index (κ3) is 5.81. The van der Waals surface area contributed by atoms with Crippen molar-refractivity contribution in [2.24, 2.45) is 0 Å². The van der Waals surface area contributed by atoms with Gasteiger partial charge in [0.2, 0.25) is 0 Å². The molecule has 0 saturated carbocycles. The second-order valence-electron chi connectivity index (χ2n) is 5.86. The van der Waals surface area contributed by atoms with Crippen LogP contribution in [0.25, 0.3) is 5.65 Å². The number of unbranched alkanes of at least 4 members (excludes halogenated alkanes) is 1.